The molecule has 1 unspecified atom stereocenters. The Morgan fingerprint density at radius 2 is 1.67 bits per heavy atom. The Labute approximate surface area is 124 Å². The molecule has 1 heterocycles. The molecule has 114 valence electrons. The van der Waals surface area contributed by atoms with Crippen molar-refractivity contribution in [1.29, 1.82) is 0 Å². The zero-order valence-corrected chi connectivity index (χ0v) is 13.2. The lowest BCUT2D eigenvalue weighted by atomic mass is 9.89. The number of amides is 3. The van der Waals surface area contributed by atoms with Crippen molar-refractivity contribution in [2.75, 3.05) is 0 Å². The predicted molar refractivity (Wildman–Crippen MR) is 77.0 cm³/mol. The Bertz CT molecular complexity index is 694. The van der Waals surface area contributed by atoms with Crippen LogP contribution in [0.4, 0.5) is 4.79 Å². The summed E-state index contributed by atoms with van der Waals surface area (Å²) in [5, 5.41) is 2.48. The van der Waals surface area contributed by atoms with Gasteiger partial charge in [0.05, 0.1) is 4.90 Å². The zero-order chi connectivity index (χ0) is 16.0. The zero-order valence-electron chi connectivity index (χ0n) is 12.4. The van der Waals surface area contributed by atoms with Crippen LogP contribution in [0.3, 0.4) is 0 Å². The highest BCUT2D eigenvalue weighted by atomic mass is 32.2. The summed E-state index contributed by atoms with van der Waals surface area (Å²) in [4.78, 5) is 24.4. The smallest absolute Gasteiger partial charge is 0.322 e. The summed E-state index contributed by atoms with van der Waals surface area (Å²) in [5.41, 5.74) is -0.326. The quantitative estimate of drug-likeness (QED) is 0.860. The van der Waals surface area contributed by atoms with Crippen molar-refractivity contribution in [2.45, 2.75) is 38.1 Å². The van der Waals surface area contributed by atoms with Gasteiger partial charge in [-0.25, -0.2) is 13.2 Å². The number of sulfonamides is 1. The molecular formula is C14H18N2O4S. The van der Waals surface area contributed by atoms with Gasteiger partial charge in [-0.2, -0.15) is 0 Å². The van der Waals surface area contributed by atoms with Crippen LogP contribution in [0, 0.1) is 12.8 Å². The third kappa shape index (κ3) is 2.31. The number of imide groups is 1. The molecule has 6 nitrogen and oxygen atoms in total. The summed E-state index contributed by atoms with van der Waals surface area (Å²) in [6.45, 7) is 6.85. The number of urea groups is 1. The van der Waals surface area contributed by atoms with Gasteiger partial charge in [0.25, 0.3) is 15.9 Å². The first-order chi connectivity index (χ1) is 9.60. The average Bonchev–Trinajstić information content (AvgIpc) is 2.62. The first-order valence-electron chi connectivity index (χ1n) is 6.59. The minimum Gasteiger partial charge on any atom is -0.322 e. The van der Waals surface area contributed by atoms with E-state index in [0.29, 0.717) is 4.31 Å². The summed E-state index contributed by atoms with van der Waals surface area (Å²) in [6, 6.07) is 5.10. The third-order valence-electron chi connectivity index (χ3n) is 3.89. The molecule has 7 heteroatoms. The summed E-state index contributed by atoms with van der Waals surface area (Å²) < 4.78 is 25.4. The number of carbonyl (C=O) groups excluding carboxylic acids is 2. The fraction of sp³-hybridized carbons (Fsp3) is 0.429. The monoisotopic (exact) mass is 310 g/mol. The maximum Gasteiger partial charge on any atom is 0.339 e. The fourth-order valence-corrected chi connectivity index (χ4v) is 3.42. The van der Waals surface area contributed by atoms with Crippen LogP contribution < -0.4 is 5.32 Å². The van der Waals surface area contributed by atoms with E-state index in [4.69, 9.17) is 0 Å². The molecule has 1 aromatic carbocycles. The lowest BCUT2D eigenvalue weighted by molar-refractivity contribution is -0.128. The number of hydrogen-bond donors (Lipinski definition) is 1. The lowest BCUT2D eigenvalue weighted by Gasteiger charge is -2.25. The van der Waals surface area contributed by atoms with Gasteiger partial charge in [-0.15, -0.1) is 4.31 Å². The standard InChI is InChI=1S/C14H18N2O4S/c1-9(2)14(4)12(17)16(13(18)15-14)21(19,20)11-7-5-10(3)6-8-11/h5-9H,1-4H3,(H,15,18). The number of carbonyl (C=O) groups is 2. The van der Waals surface area contributed by atoms with E-state index in [0.717, 1.165) is 5.56 Å². The van der Waals surface area contributed by atoms with Gasteiger partial charge in [-0.05, 0) is 31.9 Å². The van der Waals surface area contributed by atoms with E-state index in [2.05, 4.69) is 5.32 Å². The van der Waals surface area contributed by atoms with Crippen LogP contribution in [0.5, 0.6) is 0 Å². The van der Waals surface area contributed by atoms with Gasteiger partial charge in [0, 0.05) is 0 Å². The van der Waals surface area contributed by atoms with Crippen LogP contribution in [0.1, 0.15) is 26.3 Å². The average molecular weight is 310 g/mol. The molecule has 1 aliphatic heterocycles. The minimum absolute atomic E-state index is 0.0791. The molecule has 1 aromatic rings. The van der Waals surface area contributed by atoms with Gasteiger partial charge in [0.1, 0.15) is 5.54 Å². The molecule has 2 rings (SSSR count). The normalized spacial score (nSPS) is 22.8. The highest BCUT2D eigenvalue weighted by molar-refractivity contribution is 7.90. The molecule has 0 bridgehead atoms. The van der Waals surface area contributed by atoms with Gasteiger partial charge >= 0.3 is 6.03 Å². The molecule has 1 saturated heterocycles. The van der Waals surface area contributed by atoms with Crippen LogP contribution in [-0.4, -0.2) is 30.2 Å². The lowest BCUT2D eigenvalue weighted by Crippen LogP contribution is -2.48. The SMILES string of the molecule is Cc1ccc(S(=O)(=O)N2C(=O)NC(C)(C(C)C)C2=O)cc1. The van der Waals surface area contributed by atoms with E-state index in [-0.39, 0.29) is 10.8 Å². The molecule has 1 fully saturated rings. The Morgan fingerprint density at radius 1 is 1.14 bits per heavy atom. The first kappa shape index (κ1) is 15.5. The van der Waals surface area contributed by atoms with Crippen LogP contribution in [-0.2, 0) is 14.8 Å². The molecular weight excluding hydrogens is 292 g/mol. The Hall–Kier alpha value is -1.89. The number of hydrogen-bond acceptors (Lipinski definition) is 4. The van der Waals surface area contributed by atoms with Crippen molar-refractivity contribution in [1.82, 2.24) is 9.62 Å². The van der Waals surface area contributed by atoms with Gasteiger partial charge in [0.2, 0.25) is 0 Å². The minimum atomic E-state index is -4.19. The van der Waals surface area contributed by atoms with Crippen LogP contribution in [0.15, 0.2) is 29.2 Å². The highest BCUT2D eigenvalue weighted by Crippen LogP contribution is 2.29. The largest absolute Gasteiger partial charge is 0.339 e. The van der Waals surface area contributed by atoms with Crippen molar-refractivity contribution < 1.29 is 18.0 Å². The Morgan fingerprint density at radius 3 is 2.10 bits per heavy atom. The van der Waals surface area contributed by atoms with Crippen molar-refractivity contribution in [3.63, 3.8) is 0 Å². The number of nitrogens with one attached hydrogen (secondary N) is 1. The van der Waals surface area contributed by atoms with E-state index < -0.39 is 27.5 Å². The van der Waals surface area contributed by atoms with Gasteiger partial charge < -0.3 is 5.32 Å². The predicted octanol–water partition coefficient (Wildman–Crippen LogP) is 1.65. The van der Waals surface area contributed by atoms with Crippen LogP contribution >= 0.6 is 0 Å². The second-order valence-corrected chi connectivity index (χ2v) is 7.46. The third-order valence-corrected chi connectivity index (χ3v) is 5.57. The second kappa shape index (κ2) is 4.84. The Balaban J connectivity index is 2.48. The first-order valence-corrected chi connectivity index (χ1v) is 8.03. The molecule has 1 N–H and O–H groups in total. The van der Waals surface area contributed by atoms with E-state index in [9.17, 15) is 18.0 Å². The topological polar surface area (TPSA) is 83.6 Å². The van der Waals surface area contributed by atoms with Crippen LogP contribution in [0.2, 0.25) is 0 Å². The number of benzene rings is 1. The van der Waals surface area contributed by atoms with Crippen molar-refractivity contribution in [3.05, 3.63) is 29.8 Å². The molecule has 21 heavy (non-hydrogen) atoms. The summed E-state index contributed by atoms with van der Waals surface area (Å²) >= 11 is 0. The summed E-state index contributed by atoms with van der Waals surface area (Å²) in [5.74, 6) is -0.977. The molecule has 0 aliphatic carbocycles. The van der Waals surface area contributed by atoms with Gasteiger partial charge in [-0.1, -0.05) is 31.5 Å². The number of aryl methyl sites for hydroxylation is 1. The maximum absolute atomic E-state index is 12.5. The second-order valence-electron chi connectivity index (χ2n) is 5.67. The molecule has 0 saturated carbocycles. The fourth-order valence-electron chi connectivity index (χ4n) is 2.05. The van der Waals surface area contributed by atoms with E-state index in [1.807, 2.05) is 6.92 Å². The van der Waals surface area contributed by atoms with Crippen molar-refractivity contribution >= 4 is 22.0 Å². The Kier molecular flexibility index (Phi) is 3.57. The molecule has 1 aliphatic rings. The van der Waals surface area contributed by atoms with E-state index in [1.54, 1.807) is 26.0 Å². The van der Waals surface area contributed by atoms with Gasteiger partial charge in [0.15, 0.2) is 0 Å². The molecule has 3 amide bonds. The highest BCUT2D eigenvalue weighted by Gasteiger charge is 2.54. The molecule has 0 radical (unpaired) electrons. The van der Waals surface area contributed by atoms with E-state index >= 15 is 0 Å². The summed E-state index contributed by atoms with van der Waals surface area (Å²) in [6.07, 6.45) is 0. The van der Waals surface area contributed by atoms with Gasteiger partial charge in [-0.3, -0.25) is 4.79 Å². The molecule has 0 spiro atoms. The van der Waals surface area contributed by atoms with Crippen molar-refractivity contribution in [3.8, 4) is 0 Å². The maximum atomic E-state index is 12.5. The van der Waals surface area contributed by atoms with Crippen LogP contribution in [0.25, 0.3) is 0 Å². The summed E-state index contributed by atoms with van der Waals surface area (Å²) in [7, 11) is -4.19. The van der Waals surface area contributed by atoms with E-state index in [1.165, 1.54) is 19.1 Å². The molecule has 0 aromatic heterocycles. The number of rotatable bonds is 3. The molecule has 1 atom stereocenters. The number of nitrogens with zero attached hydrogens (tertiary/aromatic N) is 1. The van der Waals surface area contributed by atoms with Crippen molar-refractivity contribution in [2.24, 2.45) is 5.92 Å².